The van der Waals surface area contributed by atoms with Gasteiger partial charge in [-0.15, -0.1) is 0 Å². The number of imide groups is 2. The zero-order chi connectivity index (χ0) is 10.3. The normalized spacial score (nSPS) is 16.4. The SMILES string of the molecule is Cn1ccc(N2C(=O)NC(=O)C2=O)n1. The maximum atomic E-state index is 11.2. The van der Waals surface area contributed by atoms with E-state index in [2.05, 4.69) is 5.10 Å². The lowest BCUT2D eigenvalue weighted by Gasteiger charge is -2.05. The van der Waals surface area contributed by atoms with Gasteiger partial charge in [-0.2, -0.15) is 5.10 Å². The Balaban J connectivity index is 2.40. The van der Waals surface area contributed by atoms with E-state index in [1.165, 1.54) is 10.7 Å². The summed E-state index contributed by atoms with van der Waals surface area (Å²) >= 11 is 0. The maximum absolute atomic E-state index is 11.2. The smallest absolute Gasteiger partial charge is 0.274 e. The second kappa shape index (κ2) is 2.66. The minimum Gasteiger partial charge on any atom is -0.274 e. The molecule has 4 amide bonds. The topological polar surface area (TPSA) is 84.3 Å². The van der Waals surface area contributed by atoms with Crippen LogP contribution in [0.3, 0.4) is 0 Å². The van der Waals surface area contributed by atoms with E-state index in [-0.39, 0.29) is 5.82 Å². The fourth-order valence-corrected chi connectivity index (χ4v) is 1.13. The number of anilines is 1. The monoisotopic (exact) mass is 194 g/mol. The lowest BCUT2D eigenvalue weighted by atomic mass is 10.5. The van der Waals surface area contributed by atoms with Crippen LogP contribution in [0.15, 0.2) is 12.3 Å². The van der Waals surface area contributed by atoms with E-state index in [0.29, 0.717) is 4.90 Å². The van der Waals surface area contributed by atoms with Gasteiger partial charge in [0, 0.05) is 19.3 Å². The summed E-state index contributed by atoms with van der Waals surface area (Å²) in [6.45, 7) is 0. The zero-order valence-electron chi connectivity index (χ0n) is 7.22. The Morgan fingerprint density at radius 2 is 2.07 bits per heavy atom. The molecule has 7 heteroatoms. The van der Waals surface area contributed by atoms with Crippen LogP contribution in [-0.2, 0) is 16.6 Å². The van der Waals surface area contributed by atoms with Gasteiger partial charge in [0.15, 0.2) is 5.82 Å². The van der Waals surface area contributed by atoms with Crippen molar-refractivity contribution in [1.82, 2.24) is 15.1 Å². The largest absolute Gasteiger partial charge is 0.337 e. The summed E-state index contributed by atoms with van der Waals surface area (Å²) in [5, 5.41) is 5.71. The molecular formula is C7H6N4O3. The molecule has 0 aliphatic carbocycles. The molecule has 1 aliphatic heterocycles. The molecule has 1 aromatic heterocycles. The van der Waals surface area contributed by atoms with Gasteiger partial charge in [-0.05, 0) is 0 Å². The molecule has 7 nitrogen and oxygen atoms in total. The van der Waals surface area contributed by atoms with E-state index in [4.69, 9.17) is 0 Å². The molecule has 1 N–H and O–H groups in total. The maximum Gasteiger partial charge on any atom is 0.337 e. The second-order valence-electron chi connectivity index (χ2n) is 2.75. The Morgan fingerprint density at radius 3 is 2.50 bits per heavy atom. The van der Waals surface area contributed by atoms with Gasteiger partial charge in [0.25, 0.3) is 0 Å². The lowest BCUT2D eigenvalue weighted by molar-refractivity contribution is -0.134. The number of hydrogen-bond donors (Lipinski definition) is 1. The van der Waals surface area contributed by atoms with Gasteiger partial charge >= 0.3 is 17.8 Å². The molecule has 0 bridgehead atoms. The number of carbonyl (C=O) groups excluding carboxylic acids is 3. The Morgan fingerprint density at radius 1 is 1.36 bits per heavy atom. The molecular weight excluding hydrogens is 188 g/mol. The quantitative estimate of drug-likeness (QED) is 0.459. The molecule has 1 aliphatic rings. The van der Waals surface area contributed by atoms with Gasteiger partial charge in [0.1, 0.15) is 0 Å². The van der Waals surface area contributed by atoms with Gasteiger partial charge in [-0.25, -0.2) is 9.69 Å². The summed E-state index contributed by atoms with van der Waals surface area (Å²) in [6, 6.07) is 0.703. The molecule has 2 rings (SSSR count). The summed E-state index contributed by atoms with van der Waals surface area (Å²) in [5.41, 5.74) is 0. The number of aryl methyl sites for hydroxylation is 1. The van der Waals surface area contributed by atoms with Crippen LogP contribution in [0.4, 0.5) is 10.6 Å². The fraction of sp³-hybridized carbons (Fsp3) is 0.143. The van der Waals surface area contributed by atoms with Crippen molar-refractivity contribution in [3.8, 4) is 0 Å². The third kappa shape index (κ3) is 1.06. The Kier molecular flexibility index (Phi) is 1.60. The highest BCUT2D eigenvalue weighted by atomic mass is 16.2. The number of aromatic nitrogens is 2. The first-order valence-corrected chi connectivity index (χ1v) is 3.78. The van der Waals surface area contributed by atoms with Crippen LogP contribution in [0.1, 0.15) is 0 Å². The van der Waals surface area contributed by atoms with Crippen LogP contribution in [0.25, 0.3) is 0 Å². The van der Waals surface area contributed by atoms with Gasteiger partial charge in [0.05, 0.1) is 0 Å². The Bertz CT molecular complexity index is 436. The van der Waals surface area contributed by atoms with Crippen molar-refractivity contribution in [3.05, 3.63) is 12.3 Å². The van der Waals surface area contributed by atoms with Gasteiger partial charge < -0.3 is 0 Å². The summed E-state index contributed by atoms with van der Waals surface area (Å²) in [4.78, 5) is 33.8. The molecule has 1 fully saturated rings. The van der Waals surface area contributed by atoms with E-state index in [0.717, 1.165) is 0 Å². The van der Waals surface area contributed by atoms with Crippen LogP contribution >= 0.6 is 0 Å². The van der Waals surface area contributed by atoms with Crippen molar-refractivity contribution < 1.29 is 14.4 Å². The van der Waals surface area contributed by atoms with Gasteiger partial charge in [-0.3, -0.25) is 19.6 Å². The van der Waals surface area contributed by atoms with Crippen molar-refractivity contribution in [1.29, 1.82) is 0 Å². The standard InChI is InChI=1S/C7H6N4O3/c1-10-3-2-4(9-10)11-6(13)5(12)8-7(11)14/h2-3H,1H3,(H,8,12,14). The van der Waals surface area contributed by atoms with E-state index < -0.39 is 17.8 Å². The number of rotatable bonds is 1. The van der Waals surface area contributed by atoms with Crippen LogP contribution in [0.2, 0.25) is 0 Å². The molecule has 0 unspecified atom stereocenters. The average molecular weight is 194 g/mol. The number of nitrogens with one attached hydrogen (secondary N) is 1. The Hall–Kier alpha value is -2.18. The summed E-state index contributed by atoms with van der Waals surface area (Å²) in [7, 11) is 1.64. The third-order valence-electron chi connectivity index (χ3n) is 1.75. The third-order valence-corrected chi connectivity index (χ3v) is 1.75. The number of urea groups is 1. The molecule has 2 heterocycles. The first-order chi connectivity index (χ1) is 6.59. The van der Waals surface area contributed by atoms with E-state index in [9.17, 15) is 14.4 Å². The minimum atomic E-state index is -0.930. The molecule has 72 valence electrons. The van der Waals surface area contributed by atoms with Crippen LogP contribution in [0.5, 0.6) is 0 Å². The highest BCUT2D eigenvalue weighted by Gasteiger charge is 2.39. The molecule has 0 spiro atoms. The predicted octanol–water partition coefficient (Wildman–Crippen LogP) is -0.997. The average Bonchev–Trinajstić information content (AvgIpc) is 2.60. The van der Waals surface area contributed by atoms with Crippen molar-refractivity contribution >= 4 is 23.7 Å². The highest BCUT2D eigenvalue weighted by Crippen LogP contribution is 2.13. The zero-order valence-corrected chi connectivity index (χ0v) is 7.22. The first-order valence-electron chi connectivity index (χ1n) is 3.78. The van der Waals surface area contributed by atoms with Gasteiger partial charge in [0.2, 0.25) is 0 Å². The van der Waals surface area contributed by atoms with Crippen molar-refractivity contribution in [3.63, 3.8) is 0 Å². The fourth-order valence-electron chi connectivity index (χ4n) is 1.13. The molecule has 1 aromatic rings. The number of nitrogens with zero attached hydrogens (tertiary/aromatic N) is 3. The van der Waals surface area contributed by atoms with E-state index >= 15 is 0 Å². The second-order valence-corrected chi connectivity index (χ2v) is 2.75. The van der Waals surface area contributed by atoms with Crippen LogP contribution in [0, 0.1) is 0 Å². The van der Waals surface area contributed by atoms with Crippen molar-refractivity contribution in [2.45, 2.75) is 0 Å². The molecule has 0 saturated carbocycles. The van der Waals surface area contributed by atoms with Crippen LogP contribution in [-0.4, -0.2) is 27.6 Å². The molecule has 1 saturated heterocycles. The number of amides is 4. The van der Waals surface area contributed by atoms with E-state index in [1.807, 2.05) is 5.32 Å². The number of carbonyl (C=O) groups is 3. The molecule has 0 atom stereocenters. The number of hydrogen-bond acceptors (Lipinski definition) is 4. The lowest BCUT2D eigenvalue weighted by Crippen LogP contribution is -2.31. The summed E-state index contributed by atoms with van der Waals surface area (Å²) < 4.78 is 1.43. The van der Waals surface area contributed by atoms with E-state index in [1.54, 1.807) is 13.2 Å². The van der Waals surface area contributed by atoms with Crippen LogP contribution < -0.4 is 10.2 Å². The molecule has 0 aromatic carbocycles. The molecule has 0 radical (unpaired) electrons. The van der Waals surface area contributed by atoms with Gasteiger partial charge in [-0.1, -0.05) is 0 Å². The predicted molar refractivity (Wildman–Crippen MR) is 44.2 cm³/mol. The van der Waals surface area contributed by atoms with Crippen molar-refractivity contribution in [2.24, 2.45) is 7.05 Å². The highest BCUT2D eigenvalue weighted by molar-refractivity contribution is 6.52. The van der Waals surface area contributed by atoms with Crippen molar-refractivity contribution in [2.75, 3.05) is 4.90 Å². The summed E-state index contributed by atoms with van der Waals surface area (Å²) in [5.74, 6) is -1.70. The minimum absolute atomic E-state index is 0.140. The summed E-state index contributed by atoms with van der Waals surface area (Å²) in [6.07, 6.45) is 1.57. The first kappa shape index (κ1) is 8.42. The Labute approximate surface area is 78.3 Å². The molecule has 14 heavy (non-hydrogen) atoms.